The number of hydrogen-bond donors (Lipinski definition) is 1. The van der Waals surface area contributed by atoms with E-state index in [0.29, 0.717) is 0 Å². The smallest absolute Gasteiger partial charge is 0.166 e. The number of hydrogen-bond acceptors (Lipinski definition) is 6. The molecule has 3 aromatic rings. The van der Waals surface area contributed by atoms with Crippen molar-refractivity contribution in [3.8, 4) is 5.75 Å². The maximum Gasteiger partial charge on any atom is 0.166 e. The third-order valence-corrected chi connectivity index (χ3v) is 5.94. The summed E-state index contributed by atoms with van der Waals surface area (Å²) < 4.78 is 5.27. The molecule has 1 aromatic carbocycles. The summed E-state index contributed by atoms with van der Waals surface area (Å²) in [5, 5.41) is 0.932. The lowest BCUT2D eigenvalue weighted by molar-refractivity contribution is 0.415. The number of nitrogens with one attached hydrogen (secondary N) is 1. The number of fused-ring (bicyclic) bond motifs is 1. The van der Waals surface area contributed by atoms with Gasteiger partial charge < -0.3 is 14.6 Å². The first-order chi connectivity index (χ1) is 13.2. The van der Waals surface area contributed by atoms with Crippen molar-refractivity contribution < 1.29 is 4.74 Å². The second-order valence-electron chi connectivity index (χ2n) is 6.84. The predicted octanol–water partition coefficient (Wildman–Crippen LogP) is 4.00. The summed E-state index contributed by atoms with van der Waals surface area (Å²) in [6.07, 6.45) is 6.45. The molecule has 0 atom stereocenters. The molecule has 0 spiro atoms. The molecule has 0 bridgehead atoms. The van der Waals surface area contributed by atoms with E-state index in [1.54, 1.807) is 25.2 Å². The van der Waals surface area contributed by atoms with Gasteiger partial charge in [0.05, 0.1) is 18.1 Å². The molecule has 1 aliphatic heterocycles. The monoisotopic (exact) mass is 383 g/mol. The summed E-state index contributed by atoms with van der Waals surface area (Å²) in [5.41, 5.74) is 4.32. The Morgan fingerprint density at radius 3 is 2.85 bits per heavy atom. The number of aryl methyl sites for hydroxylation is 1. The Kier molecular flexibility index (Phi) is 5.48. The van der Waals surface area contributed by atoms with E-state index < -0.39 is 0 Å². The average molecular weight is 384 g/mol. The summed E-state index contributed by atoms with van der Waals surface area (Å²) in [6, 6.07) is 5.89. The highest BCUT2D eigenvalue weighted by Crippen LogP contribution is 2.26. The van der Waals surface area contributed by atoms with E-state index in [1.165, 1.54) is 24.8 Å². The number of aromatic nitrogens is 4. The van der Waals surface area contributed by atoms with Crippen LogP contribution in [0.2, 0.25) is 0 Å². The van der Waals surface area contributed by atoms with Crippen LogP contribution in [-0.4, -0.2) is 45.9 Å². The number of thioether (sulfide) groups is 1. The normalized spacial score (nSPS) is 14.7. The fraction of sp³-hybridized carbons (Fsp3) is 0.450. The number of methoxy groups -OCH3 is 1. The Morgan fingerprint density at radius 1 is 1.19 bits per heavy atom. The number of anilines is 1. The van der Waals surface area contributed by atoms with Gasteiger partial charge in [-0.15, -0.1) is 0 Å². The third kappa shape index (κ3) is 4.03. The van der Waals surface area contributed by atoms with E-state index in [1.807, 2.05) is 18.2 Å². The van der Waals surface area contributed by atoms with Gasteiger partial charge in [-0.05, 0) is 44.7 Å². The SMILES string of the molecule is COc1ccc2nc(SCCc3ncnc(N4CCCCC4)c3C)[nH]c2c1. The van der Waals surface area contributed by atoms with Gasteiger partial charge in [0, 0.05) is 36.2 Å². The van der Waals surface area contributed by atoms with Crippen molar-refractivity contribution in [2.45, 2.75) is 37.8 Å². The quantitative estimate of drug-likeness (QED) is 0.649. The summed E-state index contributed by atoms with van der Waals surface area (Å²) in [7, 11) is 1.68. The van der Waals surface area contributed by atoms with Gasteiger partial charge in [-0.1, -0.05) is 11.8 Å². The maximum absolute atomic E-state index is 5.27. The zero-order chi connectivity index (χ0) is 18.6. The average Bonchev–Trinajstić information content (AvgIpc) is 3.11. The molecule has 0 aliphatic carbocycles. The Bertz CT molecular complexity index is 920. The molecule has 0 radical (unpaired) electrons. The van der Waals surface area contributed by atoms with Crippen LogP contribution >= 0.6 is 11.8 Å². The highest BCUT2D eigenvalue weighted by molar-refractivity contribution is 7.99. The van der Waals surface area contributed by atoms with Gasteiger partial charge in [-0.3, -0.25) is 0 Å². The van der Waals surface area contributed by atoms with Crippen LogP contribution in [0.4, 0.5) is 5.82 Å². The van der Waals surface area contributed by atoms with Crippen LogP contribution in [0.25, 0.3) is 11.0 Å². The number of ether oxygens (including phenoxy) is 1. The minimum atomic E-state index is 0.838. The van der Waals surface area contributed by atoms with Crippen molar-refractivity contribution in [2.75, 3.05) is 30.9 Å². The van der Waals surface area contributed by atoms with E-state index in [4.69, 9.17) is 4.74 Å². The molecule has 1 saturated heterocycles. The topological polar surface area (TPSA) is 66.9 Å². The number of piperidine rings is 1. The number of benzene rings is 1. The molecule has 1 N–H and O–H groups in total. The van der Waals surface area contributed by atoms with Crippen molar-refractivity contribution in [3.63, 3.8) is 0 Å². The molecule has 1 aliphatic rings. The van der Waals surface area contributed by atoms with Gasteiger partial charge >= 0.3 is 0 Å². The lowest BCUT2D eigenvalue weighted by Gasteiger charge is -2.29. The largest absolute Gasteiger partial charge is 0.497 e. The van der Waals surface area contributed by atoms with Gasteiger partial charge in [0.2, 0.25) is 0 Å². The second-order valence-corrected chi connectivity index (χ2v) is 7.92. The fourth-order valence-electron chi connectivity index (χ4n) is 3.56. The van der Waals surface area contributed by atoms with Crippen LogP contribution in [0, 0.1) is 6.92 Å². The van der Waals surface area contributed by atoms with Crippen LogP contribution in [0.3, 0.4) is 0 Å². The van der Waals surface area contributed by atoms with E-state index in [2.05, 4.69) is 31.8 Å². The van der Waals surface area contributed by atoms with Crippen LogP contribution in [0.5, 0.6) is 5.75 Å². The Hall–Kier alpha value is -2.28. The zero-order valence-corrected chi connectivity index (χ0v) is 16.7. The van der Waals surface area contributed by atoms with Crippen molar-refractivity contribution in [2.24, 2.45) is 0 Å². The molecular weight excluding hydrogens is 358 g/mol. The molecule has 2 aromatic heterocycles. The van der Waals surface area contributed by atoms with Gasteiger partial charge in [0.25, 0.3) is 0 Å². The first kappa shape index (κ1) is 18.1. The molecule has 6 nitrogen and oxygen atoms in total. The highest BCUT2D eigenvalue weighted by Gasteiger charge is 2.16. The molecule has 1 fully saturated rings. The minimum absolute atomic E-state index is 0.838. The molecular formula is C20H25N5OS. The van der Waals surface area contributed by atoms with Crippen LogP contribution in [-0.2, 0) is 6.42 Å². The molecule has 27 heavy (non-hydrogen) atoms. The van der Waals surface area contributed by atoms with Gasteiger partial charge in [0.1, 0.15) is 17.9 Å². The number of nitrogens with zero attached hydrogens (tertiary/aromatic N) is 4. The van der Waals surface area contributed by atoms with Crippen molar-refractivity contribution in [3.05, 3.63) is 35.8 Å². The lowest BCUT2D eigenvalue weighted by atomic mass is 10.1. The molecule has 4 rings (SSSR count). The number of aromatic amines is 1. The standard InChI is InChI=1S/C20H25N5OS/c1-14-16(21-13-22-19(14)25-9-4-3-5-10-25)8-11-27-20-23-17-7-6-15(26-2)12-18(17)24-20/h6-7,12-13H,3-5,8-11H2,1-2H3,(H,23,24). The molecule has 0 amide bonds. The number of imidazole rings is 1. The van der Waals surface area contributed by atoms with Gasteiger partial charge in [0.15, 0.2) is 5.16 Å². The van der Waals surface area contributed by atoms with Crippen LogP contribution in [0.15, 0.2) is 29.7 Å². The van der Waals surface area contributed by atoms with Gasteiger partial charge in [-0.2, -0.15) is 0 Å². The van der Waals surface area contributed by atoms with Crippen molar-refractivity contribution in [1.29, 1.82) is 0 Å². The van der Waals surface area contributed by atoms with Gasteiger partial charge in [-0.25, -0.2) is 15.0 Å². The highest BCUT2D eigenvalue weighted by atomic mass is 32.2. The Morgan fingerprint density at radius 2 is 2.04 bits per heavy atom. The second kappa shape index (κ2) is 8.17. The molecule has 142 valence electrons. The van der Waals surface area contributed by atoms with Crippen molar-refractivity contribution in [1.82, 2.24) is 19.9 Å². The number of H-pyrrole nitrogens is 1. The lowest BCUT2D eigenvalue weighted by Crippen LogP contribution is -2.31. The summed E-state index contributed by atoms with van der Waals surface area (Å²) >= 11 is 1.72. The first-order valence-electron chi connectivity index (χ1n) is 9.46. The maximum atomic E-state index is 5.27. The third-order valence-electron chi connectivity index (χ3n) is 5.06. The fourth-order valence-corrected chi connectivity index (χ4v) is 4.39. The zero-order valence-electron chi connectivity index (χ0n) is 15.9. The first-order valence-corrected chi connectivity index (χ1v) is 10.4. The minimum Gasteiger partial charge on any atom is -0.497 e. The van der Waals surface area contributed by atoms with Crippen LogP contribution < -0.4 is 9.64 Å². The summed E-state index contributed by atoms with van der Waals surface area (Å²) in [6.45, 7) is 4.36. The Balaban J connectivity index is 1.41. The predicted molar refractivity (Wildman–Crippen MR) is 110 cm³/mol. The number of rotatable bonds is 6. The van der Waals surface area contributed by atoms with Crippen LogP contribution in [0.1, 0.15) is 30.5 Å². The summed E-state index contributed by atoms with van der Waals surface area (Å²) in [4.78, 5) is 19.5. The summed E-state index contributed by atoms with van der Waals surface area (Å²) in [5.74, 6) is 2.87. The van der Waals surface area contributed by atoms with E-state index in [-0.39, 0.29) is 0 Å². The van der Waals surface area contributed by atoms with Crippen molar-refractivity contribution >= 4 is 28.6 Å². The van der Waals surface area contributed by atoms with E-state index >= 15 is 0 Å². The molecule has 7 heteroatoms. The molecule has 0 unspecified atom stereocenters. The van der Waals surface area contributed by atoms with E-state index in [9.17, 15) is 0 Å². The Labute approximate surface area is 163 Å². The van der Waals surface area contributed by atoms with E-state index in [0.717, 1.165) is 58.7 Å². The molecule has 3 heterocycles. The molecule has 0 saturated carbocycles.